The molecule has 1 aromatic heterocycles. The third-order valence-corrected chi connectivity index (χ3v) is 4.29. The van der Waals surface area contributed by atoms with E-state index in [-0.39, 0.29) is 0 Å². The van der Waals surface area contributed by atoms with E-state index in [0.29, 0.717) is 0 Å². The fourth-order valence-electron chi connectivity index (χ4n) is 2.51. The number of pyridine rings is 1. The lowest BCUT2D eigenvalue weighted by Gasteiger charge is -2.30. The highest BCUT2D eigenvalue weighted by molar-refractivity contribution is 7.98. The van der Waals surface area contributed by atoms with E-state index in [0.717, 1.165) is 48.6 Å². The Labute approximate surface area is 123 Å². The highest BCUT2D eigenvalue weighted by Crippen LogP contribution is 2.36. The second-order valence-electron chi connectivity index (χ2n) is 4.66. The Morgan fingerprint density at radius 1 is 1.30 bits per heavy atom. The fraction of sp³-hybridized carbons (Fsp3) is 0.400. The Morgan fingerprint density at radius 2 is 2.10 bits per heavy atom. The first-order valence-electron chi connectivity index (χ1n) is 6.67. The number of methoxy groups -OCH3 is 1. The van der Waals surface area contributed by atoms with E-state index in [1.54, 1.807) is 18.9 Å². The zero-order valence-electron chi connectivity index (χ0n) is 11.8. The van der Waals surface area contributed by atoms with Crippen LogP contribution in [0, 0.1) is 0 Å². The topological polar surface area (TPSA) is 34.6 Å². The molecule has 0 amide bonds. The molecule has 2 aromatic rings. The molecule has 0 radical (unpaired) electrons. The molecule has 1 aromatic carbocycles. The summed E-state index contributed by atoms with van der Waals surface area (Å²) in [5.41, 5.74) is 2.03. The molecule has 0 unspecified atom stereocenters. The van der Waals surface area contributed by atoms with Crippen LogP contribution in [0.2, 0.25) is 0 Å². The van der Waals surface area contributed by atoms with Gasteiger partial charge in [-0.3, -0.25) is 4.98 Å². The van der Waals surface area contributed by atoms with Gasteiger partial charge in [-0.15, -0.1) is 11.8 Å². The minimum absolute atomic E-state index is 0.756. The molecule has 1 fully saturated rings. The third-order valence-electron chi connectivity index (χ3n) is 3.56. The summed E-state index contributed by atoms with van der Waals surface area (Å²) in [7, 11) is 1.73. The van der Waals surface area contributed by atoms with Crippen molar-refractivity contribution in [3.63, 3.8) is 0 Å². The maximum Gasteiger partial charge on any atom is 0.153 e. The normalized spacial score (nSPS) is 15.6. The van der Waals surface area contributed by atoms with Gasteiger partial charge in [-0.25, -0.2) is 0 Å². The lowest BCUT2D eigenvalue weighted by molar-refractivity contribution is 0.122. The van der Waals surface area contributed by atoms with Crippen LogP contribution >= 0.6 is 11.8 Å². The molecule has 0 aliphatic carbocycles. The van der Waals surface area contributed by atoms with Crippen LogP contribution in [0.15, 0.2) is 29.3 Å². The van der Waals surface area contributed by atoms with E-state index >= 15 is 0 Å². The Morgan fingerprint density at radius 3 is 2.80 bits per heavy atom. The molecule has 0 atom stereocenters. The van der Waals surface area contributed by atoms with Crippen molar-refractivity contribution in [3.05, 3.63) is 24.4 Å². The standard InChI is InChI=1S/C15H18N2O2S/c1-18-15-12-9-11(20-2)3-4-13(12)16-10-14(15)17-5-7-19-8-6-17/h3-4,9-10H,5-8H2,1-2H3. The molecule has 106 valence electrons. The molecule has 3 rings (SSSR count). The maximum absolute atomic E-state index is 5.68. The summed E-state index contributed by atoms with van der Waals surface area (Å²) in [6.07, 6.45) is 3.98. The summed E-state index contributed by atoms with van der Waals surface area (Å²) in [4.78, 5) is 8.07. The van der Waals surface area contributed by atoms with Gasteiger partial charge >= 0.3 is 0 Å². The van der Waals surface area contributed by atoms with Crippen molar-refractivity contribution in [1.82, 2.24) is 4.98 Å². The summed E-state index contributed by atoms with van der Waals surface area (Å²) in [6.45, 7) is 3.27. The maximum atomic E-state index is 5.68. The number of benzene rings is 1. The number of thioether (sulfide) groups is 1. The van der Waals surface area contributed by atoms with Gasteiger partial charge in [0.15, 0.2) is 5.75 Å². The van der Waals surface area contributed by atoms with Gasteiger partial charge in [-0.05, 0) is 24.5 Å². The van der Waals surface area contributed by atoms with E-state index in [4.69, 9.17) is 9.47 Å². The van der Waals surface area contributed by atoms with Gasteiger partial charge in [-0.2, -0.15) is 0 Å². The van der Waals surface area contributed by atoms with Crippen LogP contribution in [0.25, 0.3) is 10.9 Å². The minimum Gasteiger partial charge on any atom is -0.494 e. The van der Waals surface area contributed by atoms with Crippen LogP contribution in [0.1, 0.15) is 0 Å². The number of hydrogen-bond donors (Lipinski definition) is 0. The first kappa shape index (κ1) is 13.5. The number of morpholine rings is 1. The second kappa shape index (κ2) is 5.89. The van der Waals surface area contributed by atoms with Crippen molar-refractivity contribution in [2.75, 3.05) is 44.6 Å². The average molecular weight is 290 g/mol. The summed E-state index contributed by atoms with van der Waals surface area (Å²) in [5, 5.41) is 1.07. The Kier molecular flexibility index (Phi) is 3.98. The predicted octanol–water partition coefficient (Wildman–Crippen LogP) is 2.80. The SMILES string of the molecule is COc1c(N2CCOCC2)cnc2ccc(SC)cc12. The highest BCUT2D eigenvalue weighted by Gasteiger charge is 2.18. The Bertz CT molecular complexity index is 612. The van der Waals surface area contributed by atoms with Gasteiger partial charge in [-0.1, -0.05) is 0 Å². The lowest BCUT2D eigenvalue weighted by Crippen LogP contribution is -2.36. The molecular formula is C15H18N2O2S. The number of ether oxygens (including phenoxy) is 2. The van der Waals surface area contributed by atoms with Crippen LogP contribution < -0.4 is 9.64 Å². The van der Waals surface area contributed by atoms with Gasteiger partial charge in [0.25, 0.3) is 0 Å². The number of hydrogen-bond acceptors (Lipinski definition) is 5. The van der Waals surface area contributed by atoms with Crippen molar-refractivity contribution < 1.29 is 9.47 Å². The average Bonchev–Trinajstić information content (AvgIpc) is 2.54. The van der Waals surface area contributed by atoms with Crippen LogP contribution in [-0.4, -0.2) is 44.7 Å². The van der Waals surface area contributed by atoms with E-state index in [1.807, 2.05) is 12.3 Å². The van der Waals surface area contributed by atoms with Crippen molar-refractivity contribution in [1.29, 1.82) is 0 Å². The van der Waals surface area contributed by atoms with Gasteiger partial charge in [0, 0.05) is 23.4 Å². The highest BCUT2D eigenvalue weighted by atomic mass is 32.2. The number of rotatable bonds is 3. The molecule has 1 saturated heterocycles. The van der Waals surface area contributed by atoms with Crippen LogP contribution in [0.5, 0.6) is 5.75 Å². The van der Waals surface area contributed by atoms with Crippen molar-refractivity contribution in [2.45, 2.75) is 4.90 Å². The minimum atomic E-state index is 0.756. The van der Waals surface area contributed by atoms with E-state index < -0.39 is 0 Å². The van der Waals surface area contributed by atoms with Crippen molar-refractivity contribution in [3.8, 4) is 5.75 Å². The van der Waals surface area contributed by atoms with E-state index in [9.17, 15) is 0 Å². The summed E-state index contributed by atoms with van der Waals surface area (Å²) in [6, 6.07) is 6.29. The lowest BCUT2D eigenvalue weighted by atomic mass is 10.1. The number of aromatic nitrogens is 1. The zero-order valence-corrected chi connectivity index (χ0v) is 12.6. The third kappa shape index (κ3) is 2.43. The molecule has 20 heavy (non-hydrogen) atoms. The first-order chi connectivity index (χ1) is 9.83. The second-order valence-corrected chi connectivity index (χ2v) is 5.54. The van der Waals surface area contributed by atoms with Crippen LogP contribution in [-0.2, 0) is 4.74 Å². The molecule has 4 nitrogen and oxygen atoms in total. The molecule has 1 aliphatic heterocycles. The zero-order chi connectivity index (χ0) is 13.9. The molecular weight excluding hydrogens is 272 g/mol. The first-order valence-corrected chi connectivity index (χ1v) is 7.89. The Balaban J connectivity index is 2.12. The summed E-state index contributed by atoms with van der Waals surface area (Å²) in [5.74, 6) is 0.910. The number of anilines is 1. The van der Waals surface area contributed by atoms with Gasteiger partial charge < -0.3 is 14.4 Å². The smallest absolute Gasteiger partial charge is 0.153 e. The van der Waals surface area contributed by atoms with E-state index in [1.165, 1.54) is 4.90 Å². The van der Waals surface area contributed by atoms with Gasteiger partial charge in [0.05, 0.1) is 37.7 Å². The van der Waals surface area contributed by atoms with Crippen LogP contribution in [0.3, 0.4) is 0 Å². The monoisotopic (exact) mass is 290 g/mol. The molecule has 0 spiro atoms. The Hall–Kier alpha value is -1.46. The molecule has 5 heteroatoms. The number of nitrogens with zero attached hydrogens (tertiary/aromatic N) is 2. The largest absolute Gasteiger partial charge is 0.494 e. The van der Waals surface area contributed by atoms with Crippen LogP contribution in [0.4, 0.5) is 5.69 Å². The molecule has 0 saturated carbocycles. The fourth-order valence-corrected chi connectivity index (χ4v) is 2.95. The van der Waals surface area contributed by atoms with Crippen molar-refractivity contribution in [2.24, 2.45) is 0 Å². The van der Waals surface area contributed by atoms with Crippen molar-refractivity contribution >= 4 is 28.4 Å². The summed E-state index contributed by atoms with van der Waals surface area (Å²) < 4.78 is 11.1. The number of fused-ring (bicyclic) bond motifs is 1. The summed E-state index contributed by atoms with van der Waals surface area (Å²) >= 11 is 1.73. The molecule has 2 heterocycles. The van der Waals surface area contributed by atoms with Gasteiger partial charge in [0.1, 0.15) is 0 Å². The molecule has 0 N–H and O–H groups in total. The van der Waals surface area contributed by atoms with Gasteiger partial charge in [0.2, 0.25) is 0 Å². The predicted molar refractivity (Wildman–Crippen MR) is 83.1 cm³/mol. The van der Waals surface area contributed by atoms with E-state index in [2.05, 4.69) is 28.3 Å². The molecule has 0 bridgehead atoms. The quantitative estimate of drug-likeness (QED) is 0.812. The molecule has 1 aliphatic rings.